The van der Waals surface area contributed by atoms with Crippen molar-refractivity contribution in [1.29, 1.82) is 0 Å². The molecule has 0 bridgehead atoms. The number of aromatic hydroxyl groups is 1. The summed E-state index contributed by atoms with van der Waals surface area (Å²) < 4.78 is 18.7. The van der Waals surface area contributed by atoms with E-state index >= 15 is 0 Å². The Morgan fingerprint density at radius 3 is 2.45 bits per heavy atom. The summed E-state index contributed by atoms with van der Waals surface area (Å²) in [5.41, 5.74) is 1.69. The lowest BCUT2D eigenvalue weighted by atomic mass is 10.2. The fraction of sp³-hybridized carbons (Fsp3) is 0.250. The van der Waals surface area contributed by atoms with E-state index in [1.165, 1.54) is 12.1 Å². The van der Waals surface area contributed by atoms with Crippen molar-refractivity contribution in [2.45, 2.75) is 26.5 Å². The van der Waals surface area contributed by atoms with Crippen LogP contribution in [0, 0.1) is 5.82 Å². The minimum absolute atomic E-state index is 0.152. The molecule has 0 amide bonds. The van der Waals surface area contributed by atoms with Crippen molar-refractivity contribution in [3.63, 3.8) is 0 Å². The van der Waals surface area contributed by atoms with Crippen LogP contribution in [-0.4, -0.2) is 11.2 Å². The number of nitrogens with one attached hydrogen (secondary N) is 1. The van der Waals surface area contributed by atoms with Gasteiger partial charge in [0.05, 0.1) is 6.10 Å². The van der Waals surface area contributed by atoms with Crippen molar-refractivity contribution in [2.75, 3.05) is 5.32 Å². The van der Waals surface area contributed by atoms with Crippen LogP contribution in [-0.2, 0) is 6.54 Å². The van der Waals surface area contributed by atoms with E-state index in [0.29, 0.717) is 12.2 Å². The van der Waals surface area contributed by atoms with Gasteiger partial charge in [0.2, 0.25) is 0 Å². The SMILES string of the molecule is CC(C)Oc1ccc(CNc2ccc(O)c(F)c2)cc1. The van der Waals surface area contributed by atoms with Crippen LogP contribution in [0.4, 0.5) is 10.1 Å². The van der Waals surface area contributed by atoms with E-state index in [2.05, 4.69) is 5.32 Å². The van der Waals surface area contributed by atoms with Crippen molar-refractivity contribution in [2.24, 2.45) is 0 Å². The van der Waals surface area contributed by atoms with Crippen LogP contribution in [0.15, 0.2) is 42.5 Å². The number of phenolic OH excluding ortho intramolecular Hbond substituents is 1. The second-order valence-electron chi connectivity index (χ2n) is 4.83. The van der Waals surface area contributed by atoms with E-state index < -0.39 is 5.82 Å². The number of ether oxygens (including phenoxy) is 1. The molecule has 20 heavy (non-hydrogen) atoms. The summed E-state index contributed by atoms with van der Waals surface area (Å²) in [6, 6.07) is 12.0. The lowest BCUT2D eigenvalue weighted by Gasteiger charge is -2.11. The van der Waals surface area contributed by atoms with Gasteiger partial charge in [-0.1, -0.05) is 12.1 Å². The Hall–Kier alpha value is -2.23. The fourth-order valence-corrected chi connectivity index (χ4v) is 1.78. The Morgan fingerprint density at radius 1 is 1.15 bits per heavy atom. The maximum atomic E-state index is 13.2. The summed E-state index contributed by atoms with van der Waals surface area (Å²) in [5.74, 6) is -0.138. The van der Waals surface area contributed by atoms with Crippen molar-refractivity contribution in [3.8, 4) is 11.5 Å². The van der Waals surface area contributed by atoms with Gasteiger partial charge in [0.25, 0.3) is 0 Å². The fourth-order valence-electron chi connectivity index (χ4n) is 1.78. The Labute approximate surface area is 118 Å². The average molecular weight is 275 g/mol. The molecule has 3 nitrogen and oxygen atoms in total. The predicted octanol–water partition coefficient (Wildman–Crippen LogP) is 3.93. The van der Waals surface area contributed by atoms with E-state index in [1.807, 2.05) is 38.1 Å². The molecule has 0 aliphatic carbocycles. The first-order valence-corrected chi connectivity index (χ1v) is 6.52. The van der Waals surface area contributed by atoms with Gasteiger partial charge in [-0.2, -0.15) is 0 Å². The van der Waals surface area contributed by atoms with Gasteiger partial charge in [-0.3, -0.25) is 0 Å². The first-order valence-electron chi connectivity index (χ1n) is 6.52. The van der Waals surface area contributed by atoms with Crippen molar-refractivity contribution >= 4 is 5.69 Å². The van der Waals surface area contributed by atoms with Gasteiger partial charge >= 0.3 is 0 Å². The molecule has 2 rings (SSSR count). The van der Waals surface area contributed by atoms with Gasteiger partial charge in [0.15, 0.2) is 11.6 Å². The molecule has 0 spiro atoms. The van der Waals surface area contributed by atoms with Crippen molar-refractivity contribution in [3.05, 3.63) is 53.8 Å². The van der Waals surface area contributed by atoms with Crippen LogP contribution in [0.3, 0.4) is 0 Å². The highest BCUT2D eigenvalue weighted by atomic mass is 19.1. The van der Waals surface area contributed by atoms with Gasteiger partial charge in [-0.05, 0) is 43.7 Å². The second kappa shape index (κ2) is 6.28. The van der Waals surface area contributed by atoms with Crippen LogP contribution >= 0.6 is 0 Å². The molecule has 0 saturated heterocycles. The van der Waals surface area contributed by atoms with E-state index in [9.17, 15) is 4.39 Å². The maximum absolute atomic E-state index is 13.2. The normalized spacial score (nSPS) is 10.6. The zero-order valence-corrected chi connectivity index (χ0v) is 11.6. The van der Waals surface area contributed by atoms with Gasteiger partial charge in [0.1, 0.15) is 5.75 Å². The van der Waals surface area contributed by atoms with Crippen LogP contribution in [0.5, 0.6) is 11.5 Å². The number of hydrogen-bond acceptors (Lipinski definition) is 3. The van der Waals surface area contributed by atoms with E-state index in [0.717, 1.165) is 11.3 Å². The summed E-state index contributed by atoms with van der Waals surface area (Å²) >= 11 is 0. The highest BCUT2D eigenvalue weighted by Gasteiger charge is 2.02. The Bertz CT molecular complexity index is 567. The smallest absolute Gasteiger partial charge is 0.166 e. The Kier molecular flexibility index (Phi) is 4.45. The third-order valence-corrected chi connectivity index (χ3v) is 2.74. The molecule has 0 heterocycles. The monoisotopic (exact) mass is 275 g/mol. The molecular weight excluding hydrogens is 257 g/mol. The van der Waals surface area contributed by atoms with Gasteiger partial charge in [-0.25, -0.2) is 4.39 Å². The van der Waals surface area contributed by atoms with E-state index in [4.69, 9.17) is 9.84 Å². The van der Waals surface area contributed by atoms with Gasteiger partial charge in [-0.15, -0.1) is 0 Å². The lowest BCUT2D eigenvalue weighted by Crippen LogP contribution is -2.05. The summed E-state index contributed by atoms with van der Waals surface area (Å²) in [4.78, 5) is 0. The minimum atomic E-state index is -0.629. The highest BCUT2D eigenvalue weighted by molar-refractivity contribution is 5.47. The van der Waals surface area contributed by atoms with Crippen LogP contribution < -0.4 is 10.1 Å². The first kappa shape index (κ1) is 14.2. The van der Waals surface area contributed by atoms with E-state index in [1.54, 1.807) is 6.07 Å². The summed E-state index contributed by atoms with van der Waals surface area (Å²) in [6.07, 6.45) is 0.152. The lowest BCUT2D eigenvalue weighted by molar-refractivity contribution is 0.242. The largest absolute Gasteiger partial charge is 0.505 e. The molecule has 0 aromatic heterocycles. The molecular formula is C16H18FNO2. The number of phenols is 1. The quantitative estimate of drug-likeness (QED) is 0.812. The molecule has 0 radical (unpaired) electrons. The maximum Gasteiger partial charge on any atom is 0.166 e. The molecule has 4 heteroatoms. The van der Waals surface area contributed by atoms with Crippen molar-refractivity contribution in [1.82, 2.24) is 0 Å². The molecule has 2 aromatic carbocycles. The van der Waals surface area contributed by atoms with E-state index in [-0.39, 0.29) is 11.9 Å². The van der Waals surface area contributed by atoms with Crippen LogP contribution in [0.25, 0.3) is 0 Å². The zero-order valence-electron chi connectivity index (χ0n) is 11.6. The van der Waals surface area contributed by atoms with Crippen molar-refractivity contribution < 1.29 is 14.2 Å². The molecule has 0 aliphatic heterocycles. The average Bonchev–Trinajstić information content (AvgIpc) is 2.41. The summed E-state index contributed by atoms with van der Waals surface area (Å²) in [6.45, 7) is 4.54. The number of benzene rings is 2. The third kappa shape index (κ3) is 3.88. The summed E-state index contributed by atoms with van der Waals surface area (Å²) in [5, 5.41) is 12.2. The zero-order chi connectivity index (χ0) is 14.5. The number of hydrogen-bond donors (Lipinski definition) is 2. The molecule has 0 atom stereocenters. The molecule has 0 fully saturated rings. The van der Waals surface area contributed by atoms with Crippen LogP contribution in [0.2, 0.25) is 0 Å². The second-order valence-corrected chi connectivity index (χ2v) is 4.83. The van der Waals surface area contributed by atoms with Gasteiger partial charge in [0, 0.05) is 18.3 Å². The van der Waals surface area contributed by atoms with Gasteiger partial charge < -0.3 is 15.2 Å². The summed E-state index contributed by atoms with van der Waals surface area (Å²) in [7, 11) is 0. The number of anilines is 1. The topological polar surface area (TPSA) is 41.5 Å². The molecule has 0 aliphatic rings. The molecule has 0 unspecified atom stereocenters. The molecule has 2 N–H and O–H groups in total. The standard InChI is InChI=1S/C16H18FNO2/c1-11(2)20-14-6-3-12(4-7-14)10-18-13-5-8-16(19)15(17)9-13/h3-9,11,18-19H,10H2,1-2H3. The number of halogens is 1. The Balaban J connectivity index is 1.95. The molecule has 0 saturated carbocycles. The Morgan fingerprint density at radius 2 is 1.85 bits per heavy atom. The molecule has 2 aromatic rings. The third-order valence-electron chi connectivity index (χ3n) is 2.74. The molecule has 106 valence electrons. The minimum Gasteiger partial charge on any atom is -0.505 e. The number of rotatable bonds is 5. The highest BCUT2D eigenvalue weighted by Crippen LogP contribution is 2.20. The predicted molar refractivity (Wildman–Crippen MR) is 77.6 cm³/mol. The van der Waals surface area contributed by atoms with Crippen LogP contribution in [0.1, 0.15) is 19.4 Å². The first-order chi connectivity index (χ1) is 9.54.